The number of esters is 1. The zero-order chi connectivity index (χ0) is 9.40. The Labute approximate surface area is 74.6 Å². The molecule has 0 spiro atoms. The SMILES string of the molecule is CCCOC(=O)/C=C(\C)CCC. The summed E-state index contributed by atoms with van der Waals surface area (Å²) in [6.45, 7) is 6.55. The maximum atomic E-state index is 11.0. The van der Waals surface area contributed by atoms with Crippen molar-refractivity contribution in [1.29, 1.82) is 0 Å². The van der Waals surface area contributed by atoms with Crippen LogP contribution >= 0.6 is 0 Å². The van der Waals surface area contributed by atoms with Gasteiger partial charge < -0.3 is 4.74 Å². The third-order valence-electron chi connectivity index (χ3n) is 1.46. The lowest BCUT2D eigenvalue weighted by atomic mass is 10.2. The van der Waals surface area contributed by atoms with Gasteiger partial charge in [0.15, 0.2) is 0 Å². The van der Waals surface area contributed by atoms with Gasteiger partial charge in [0.25, 0.3) is 0 Å². The Bertz CT molecular complexity index is 159. The third-order valence-corrected chi connectivity index (χ3v) is 1.46. The second kappa shape index (κ2) is 6.89. The Kier molecular flexibility index (Phi) is 6.44. The minimum Gasteiger partial charge on any atom is -0.463 e. The zero-order valence-corrected chi connectivity index (χ0v) is 8.22. The second-order valence-corrected chi connectivity index (χ2v) is 2.91. The summed E-state index contributed by atoms with van der Waals surface area (Å²) in [4.78, 5) is 11.0. The molecule has 0 N–H and O–H groups in total. The average molecular weight is 170 g/mol. The largest absolute Gasteiger partial charge is 0.463 e. The number of hydrogen-bond donors (Lipinski definition) is 0. The average Bonchev–Trinajstić information content (AvgIpc) is 2.01. The number of carbonyl (C=O) groups is 1. The molecule has 0 aliphatic carbocycles. The fourth-order valence-corrected chi connectivity index (χ4v) is 0.912. The lowest BCUT2D eigenvalue weighted by molar-refractivity contribution is -0.137. The molecule has 0 aliphatic heterocycles. The van der Waals surface area contributed by atoms with E-state index in [2.05, 4.69) is 6.92 Å². The molecule has 0 radical (unpaired) electrons. The van der Waals surface area contributed by atoms with E-state index in [1.54, 1.807) is 6.08 Å². The van der Waals surface area contributed by atoms with Crippen LogP contribution in [0.15, 0.2) is 11.6 Å². The Morgan fingerprint density at radius 2 is 2.00 bits per heavy atom. The van der Waals surface area contributed by atoms with Crippen LogP contribution in [0.25, 0.3) is 0 Å². The van der Waals surface area contributed by atoms with E-state index in [4.69, 9.17) is 4.74 Å². The minimum absolute atomic E-state index is 0.206. The summed E-state index contributed by atoms with van der Waals surface area (Å²) in [6.07, 6.45) is 4.51. The normalized spacial score (nSPS) is 11.4. The Morgan fingerprint density at radius 3 is 2.50 bits per heavy atom. The minimum atomic E-state index is -0.206. The summed E-state index contributed by atoms with van der Waals surface area (Å²) in [7, 11) is 0. The molecule has 70 valence electrons. The van der Waals surface area contributed by atoms with E-state index >= 15 is 0 Å². The molecule has 0 fully saturated rings. The van der Waals surface area contributed by atoms with E-state index in [9.17, 15) is 4.79 Å². The van der Waals surface area contributed by atoms with E-state index in [0.29, 0.717) is 6.61 Å². The van der Waals surface area contributed by atoms with Crippen LogP contribution in [0.3, 0.4) is 0 Å². The smallest absolute Gasteiger partial charge is 0.330 e. The molecule has 0 rings (SSSR count). The maximum Gasteiger partial charge on any atom is 0.330 e. The third kappa shape index (κ3) is 5.96. The Balaban J connectivity index is 3.71. The van der Waals surface area contributed by atoms with Crippen molar-refractivity contribution in [3.05, 3.63) is 11.6 Å². The lowest BCUT2D eigenvalue weighted by Gasteiger charge is -1.99. The first-order chi connectivity index (χ1) is 5.70. The summed E-state index contributed by atoms with van der Waals surface area (Å²) < 4.78 is 4.89. The van der Waals surface area contributed by atoms with Gasteiger partial charge in [-0.25, -0.2) is 4.79 Å². The second-order valence-electron chi connectivity index (χ2n) is 2.91. The summed E-state index contributed by atoms with van der Waals surface area (Å²) in [5.41, 5.74) is 1.10. The van der Waals surface area contributed by atoms with Crippen molar-refractivity contribution in [2.24, 2.45) is 0 Å². The molecule has 0 amide bonds. The van der Waals surface area contributed by atoms with Crippen molar-refractivity contribution in [2.75, 3.05) is 6.61 Å². The van der Waals surface area contributed by atoms with Gasteiger partial charge in [-0.15, -0.1) is 0 Å². The first kappa shape index (κ1) is 11.2. The number of allylic oxidation sites excluding steroid dienone is 1. The van der Waals surface area contributed by atoms with Crippen LogP contribution in [0.1, 0.15) is 40.0 Å². The van der Waals surface area contributed by atoms with E-state index in [1.807, 2.05) is 13.8 Å². The van der Waals surface area contributed by atoms with Gasteiger partial charge in [0.05, 0.1) is 6.61 Å². The van der Waals surface area contributed by atoms with Crippen LogP contribution in [0.2, 0.25) is 0 Å². The van der Waals surface area contributed by atoms with E-state index < -0.39 is 0 Å². The van der Waals surface area contributed by atoms with Gasteiger partial charge in [-0.1, -0.05) is 25.8 Å². The molecule has 12 heavy (non-hydrogen) atoms. The molecular weight excluding hydrogens is 152 g/mol. The molecule has 0 aromatic carbocycles. The van der Waals surface area contributed by atoms with Gasteiger partial charge in [0, 0.05) is 6.08 Å². The van der Waals surface area contributed by atoms with E-state index in [0.717, 1.165) is 24.8 Å². The summed E-state index contributed by atoms with van der Waals surface area (Å²) >= 11 is 0. The van der Waals surface area contributed by atoms with Gasteiger partial charge in [0.1, 0.15) is 0 Å². The zero-order valence-electron chi connectivity index (χ0n) is 8.22. The summed E-state index contributed by atoms with van der Waals surface area (Å²) in [5, 5.41) is 0. The van der Waals surface area contributed by atoms with Gasteiger partial charge >= 0.3 is 5.97 Å². The Hall–Kier alpha value is -0.790. The fraction of sp³-hybridized carbons (Fsp3) is 0.700. The van der Waals surface area contributed by atoms with Crippen molar-refractivity contribution < 1.29 is 9.53 Å². The van der Waals surface area contributed by atoms with E-state index in [-0.39, 0.29) is 5.97 Å². The Morgan fingerprint density at radius 1 is 1.33 bits per heavy atom. The molecule has 2 heteroatoms. The standard InChI is InChI=1S/C10H18O2/c1-4-6-9(3)8-10(11)12-7-5-2/h8H,4-7H2,1-3H3/b9-8+. The van der Waals surface area contributed by atoms with Crippen LogP contribution in [0.4, 0.5) is 0 Å². The predicted molar refractivity (Wildman–Crippen MR) is 49.9 cm³/mol. The van der Waals surface area contributed by atoms with Gasteiger partial charge in [0.2, 0.25) is 0 Å². The van der Waals surface area contributed by atoms with Crippen molar-refractivity contribution in [3.8, 4) is 0 Å². The predicted octanol–water partition coefficient (Wildman–Crippen LogP) is 2.69. The van der Waals surface area contributed by atoms with Crippen LogP contribution in [-0.2, 0) is 9.53 Å². The summed E-state index contributed by atoms with van der Waals surface area (Å²) in [6, 6.07) is 0. The molecule has 0 saturated heterocycles. The number of rotatable bonds is 5. The fourth-order valence-electron chi connectivity index (χ4n) is 0.912. The van der Waals surface area contributed by atoms with Crippen molar-refractivity contribution in [3.63, 3.8) is 0 Å². The highest BCUT2D eigenvalue weighted by atomic mass is 16.5. The molecule has 0 heterocycles. The van der Waals surface area contributed by atoms with Crippen LogP contribution < -0.4 is 0 Å². The quantitative estimate of drug-likeness (QED) is 0.468. The first-order valence-electron chi connectivity index (χ1n) is 4.54. The lowest BCUT2D eigenvalue weighted by Crippen LogP contribution is -2.02. The number of hydrogen-bond acceptors (Lipinski definition) is 2. The van der Waals surface area contributed by atoms with Gasteiger partial charge in [-0.2, -0.15) is 0 Å². The monoisotopic (exact) mass is 170 g/mol. The molecule has 0 aromatic rings. The van der Waals surface area contributed by atoms with Crippen LogP contribution in [-0.4, -0.2) is 12.6 Å². The first-order valence-corrected chi connectivity index (χ1v) is 4.54. The highest BCUT2D eigenvalue weighted by molar-refractivity contribution is 5.82. The molecule has 0 saturated carbocycles. The molecule has 0 atom stereocenters. The van der Waals surface area contributed by atoms with Crippen molar-refractivity contribution >= 4 is 5.97 Å². The maximum absolute atomic E-state index is 11.0. The molecule has 2 nitrogen and oxygen atoms in total. The van der Waals surface area contributed by atoms with E-state index in [1.165, 1.54) is 0 Å². The molecule has 0 aliphatic rings. The molecule has 0 aromatic heterocycles. The molecule has 0 bridgehead atoms. The van der Waals surface area contributed by atoms with Gasteiger partial charge in [-0.05, 0) is 19.8 Å². The highest BCUT2D eigenvalue weighted by Gasteiger charge is 1.97. The molecule has 0 unspecified atom stereocenters. The van der Waals surface area contributed by atoms with Crippen molar-refractivity contribution in [2.45, 2.75) is 40.0 Å². The summed E-state index contributed by atoms with van der Waals surface area (Å²) in [5.74, 6) is -0.206. The van der Waals surface area contributed by atoms with Gasteiger partial charge in [-0.3, -0.25) is 0 Å². The number of ether oxygens (including phenoxy) is 1. The van der Waals surface area contributed by atoms with Crippen molar-refractivity contribution in [1.82, 2.24) is 0 Å². The topological polar surface area (TPSA) is 26.3 Å². The highest BCUT2D eigenvalue weighted by Crippen LogP contribution is 2.02. The number of carbonyl (C=O) groups excluding carboxylic acids is 1. The van der Waals surface area contributed by atoms with Crippen LogP contribution in [0.5, 0.6) is 0 Å². The molecular formula is C10H18O2. The van der Waals surface area contributed by atoms with Crippen LogP contribution in [0, 0.1) is 0 Å².